The summed E-state index contributed by atoms with van der Waals surface area (Å²) in [6.07, 6.45) is 8.89. The van der Waals surface area contributed by atoms with Gasteiger partial charge in [0.2, 0.25) is 10.0 Å². The van der Waals surface area contributed by atoms with Crippen molar-refractivity contribution in [2.24, 2.45) is 11.8 Å². The number of carbonyl (C=O) groups is 1. The molecule has 1 amide bonds. The normalized spacial score (nSPS) is 26.7. The lowest BCUT2D eigenvalue weighted by atomic mass is 9.75. The lowest BCUT2D eigenvalue weighted by Gasteiger charge is -2.41. The van der Waals surface area contributed by atoms with Crippen LogP contribution in [0.2, 0.25) is 5.02 Å². The van der Waals surface area contributed by atoms with Crippen molar-refractivity contribution < 1.29 is 13.2 Å². The smallest absolute Gasteiger partial charge is 0.253 e. The summed E-state index contributed by atoms with van der Waals surface area (Å²) in [5.74, 6) is 1.27. The highest BCUT2D eigenvalue weighted by Crippen LogP contribution is 2.36. The molecule has 2 heterocycles. The van der Waals surface area contributed by atoms with Crippen molar-refractivity contribution in [2.75, 3.05) is 26.2 Å². The van der Waals surface area contributed by atoms with Gasteiger partial charge in [-0.25, -0.2) is 8.42 Å². The van der Waals surface area contributed by atoms with E-state index in [2.05, 4.69) is 0 Å². The van der Waals surface area contributed by atoms with Crippen LogP contribution in [0.1, 0.15) is 61.7 Å². The Morgan fingerprint density at radius 3 is 2.39 bits per heavy atom. The molecule has 1 aliphatic carbocycles. The van der Waals surface area contributed by atoms with Gasteiger partial charge in [-0.05, 0) is 55.7 Å². The molecular formula is C21H29ClN2O3S. The first-order valence-corrected chi connectivity index (χ1v) is 12.4. The van der Waals surface area contributed by atoms with Gasteiger partial charge in [-0.1, -0.05) is 37.3 Å². The van der Waals surface area contributed by atoms with Crippen molar-refractivity contribution in [1.82, 2.24) is 9.21 Å². The highest BCUT2D eigenvalue weighted by molar-refractivity contribution is 7.89. The Hall–Kier alpha value is -1.11. The van der Waals surface area contributed by atoms with E-state index < -0.39 is 10.0 Å². The highest BCUT2D eigenvalue weighted by atomic mass is 35.5. The van der Waals surface area contributed by atoms with Crippen LogP contribution in [0.4, 0.5) is 0 Å². The molecule has 0 bridgehead atoms. The predicted molar refractivity (Wildman–Crippen MR) is 110 cm³/mol. The maximum absolute atomic E-state index is 13.1. The summed E-state index contributed by atoms with van der Waals surface area (Å²) < 4.78 is 27.6. The molecule has 5 nitrogen and oxygen atoms in total. The third kappa shape index (κ3) is 3.96. The quantitative estimate of drug-likeness (QED) is 0.731. The maximum atomic E-state index is 13.1. The Bertz CT molecular complexity index is 836. The van der Waals surface area contributed by atoms with E-state index in [-0.39, 0.29) is 15.8 Å². The van der Waals surface area contributed by atoms with Gasteiger partial charge in [0, 0.05) is 31.7 Å². The molecule has 2 aliphatic heterocycles. The number of fused-ring (bicyclic) bond motifs is 1. The molecule has 4 rings (SSSR count). The second kappa shape index (κ2) is 8.33. The molecule has 3 fully saturated rings. The maximum Gasteiger partial charge on any atom is 0.253 e. The van der Waals surface area contributed by atoms with Crippen LogP contribution in [0.25, 0.3) is 0 Å². The summed E-state index contributed by atoms with van der Waals surface area (Å²) in [6.45, 7) is 2.59. The van der Waals surface area contributed by atoms with Crippen LogP contribution in [-0.2, 0) is 10.0 Å². The minimum atomic E-state index is -3.67. The number of benzene rings is 1. The molecule has 1 aromatic rings. The van der Waals surface area contributed by atoms with Gasteiger partial charge >= 0.3 is 0 Å². The summed E-state index contributed by atoms with van der Waals surface area (Å²) in [6, 6.07) is 4.70. The van der Waals surface area contributed by atoms with E-state index in [1.54, 1.807) is 12.1 Å². The van der Waals surface area contributed by atoms with Crippen LogP contribution in [0.3, 0.4) is 0 Å². The first kappa shape index (κ1) is 20.2. The standard InChI is InChI=1S/C21H29ClN2O3S/c22-19-9-8-17(14-20(19)28(26,27)24-11-4-1-5-12-24)21(25)23-13-10-16-6-2-3-7-18(16)15-23/h8-9,14,16,18H,1-7,10-13,15H2/t16-,18-/m1/s1. The van der Waals surface area contributed by atoms with Crippen molar-refractivity contribution in [1.29, 1.82) is 0 Å². The lowest BCUT2D eigenvalue weighted by Crippen LogP contribution is -2.44. The Balaban J connectivity index is 1.55. The number of amides is 1. The number of rotatable bonds is 3. The molecule has 154 valence electrons. The minimum Gasteiger partial charge on any atom is -0.338 e. The average molecular weight is 425 g/mol. The SMILES string of the molecule is O=C(c1ccc(Cl)c(S(=O)(=O)N2CCCCC2)c1)N1CC[C@H]2CCCC[C@@H]2C1. The molecule has 0 spiro atoms. The first-order valence-electron chi connectivity index (χ1n) is 10.6. The molecule has 3 aliphatic rings. The Kier molecular flexibility index (Phi) is 6.00. The predicted octanol–water partition coefficient (Wildman–Crippen LogP) is 4.17. The number of halogens is 1. The van der Waals surface area contributed by atoms with Crippen LogP contribution in [-0.4, -0.2) is 49.7 Å². The summed E-state index contributed by atoms with van der Waals surface area (Å²) in [5, 5.41) is 0.188. The zero-order valence-corrected chi connectivity index (χ0v) is 17.8. The molecular weight excluding hydrogens is 396 g/mol. The van der Waals surface area contributed by atoms with Crippen molar-refractivity contribution in [2.45, 2.75) is 56.3 Å². The molecule has 2 atom stereocenters. The number of hydrogen-bond acceptors (Lipinski definition) is 3. The third-order valence-electron chi connectivity index (χ3n) is 6.69. The van der Waals surface area contributed by atoms with Gasteiger partial charge in [-0.15, -0.1) is 0 Å². The van der Waals surface area contributed by atoms with E-state index in [1.807, 2.05) is 4.90 Å². The molecule has 0 N–H and O–H groups in total. The third-order valence-corrected chi connectivity index (χ3v) is 9.07. The fourth-order valence-electron chi connectivity index (χ4n) is 5.05. The Morgan fingerprint density at radius 1 is 0.929 bits per heavy atom. The van der Waals surface area contributed by atoms with E-state index >= 15 is 0 Å². The number of hydrogen-bond donors (Lipinski definition) is 0. The van der Waals surface area contributed by atoms with E-state index in [1.165, 1.54) is 36.1 Å². The molecule has 1 saturated carbocycles. The zero-order valence-electron chi connectivity index (χ0n) is 16.3. The number of carbonyl (C=O) groups excluding carboxylic acids is 1. The summed E-state index contributed by atoms with van der Waals surface area (Å²) in [7, 11) is -3.67. The van der Waals surface area contributed by atoms with Crippen LogP contribution in [0, 0.1) is 11.8 Å². The molecule has 2 saturated heterocycles. The van der Waals surface area contributed by atoms with Crippen molar-refractivity contribution in [3.8, 4) is 0 Å². The Morgan fingerprint density at radius 2 is 1.64 bits per heavy atom. The molecule has 7 heteroatoms. The van der Waals surface area contributed by atoms with E-state index in [9.17, 15) is 13.2 Å². The van der Waals surface area contributed by atoms with E-state index in [4.69, 9.17) is 11.6 Å². The van der Waals surface area contributed by atoms with Gasteiger partial charge in [0.05, 0.1) is 5.02 Å². The van der Waals surface area contributed by atoms with Gasteiger partial charge in [0.15, 0.2) is 0 Å². The van der Waals surface area contributed by atoms with Gasteiger partial charge < -0.3 is 4.90 Å². The van der Waals surface area contributed by atoms with Crippen molar-refractivity contribution >= 4 is 27.5 Å². The topological polar surface area (TPSA) is 57.7 Å². The average Bonchev–Trinajstić information content (AvgIpc) is 2.73. The second-order valence-electron chi connectivity index (χ2n) is 8.45. The highest BCUT2D eigenvalue weighted by Gasteiger charge is 2.34. The summed E-state index contributed by atoms with van der Waals surface area (Å²) in [5.41, 5.74) is 0.425. The summed E-state index contributed by atoms with van der Waals surface area (Å²) >= 11 is 6.25. The number of nitrogens with zero attached hydrogens (tertiary/aromatic N) is 2. The zero-order chi connectivity index (χ0) is 19.7. The second-order valence-corrected chi connectivity index (χ2v) is 10.8. The van der Waals surface area contributed by atoms with Gasteiger partial charge in [-0.3, -0.25) is 4.79 Å². The molecule has 28 heavy (non-hydrogen) atoms. The number of piperidine rings is 2. The fraction of sp³-hybridized carbons (Fsp3) is 0.667. The van der Waals surface area contributed by atoms with Gasteiger partial charge in [0.1, 0.15) is 4.90 Å². The van der Waals surface area contributed by atoms with E-state index in [0.717, 1.165) is 44.7 Å². The first-order chi connectivity index (χ1) is 13.5. The lowest BCUT2D eigenvalue weighted by molar-refractivity contribution is 0.0520. The van der Waals surface area contributed by atoms with Crippen LogP contribution < -0.4 is 0 Å². The fourth-order valence-corrected chi connectivity index (χ4v) is 7.06. The minimum absolute atomic E-state index is 0.0643. The monoisotopic (exact) mass is 424 g/mol. The molecule has 0 radical (unpaired) electrons. The van der Waals surface area contributed by atoms with Gasteiger partial charge in [-0.2, -0.15) is 4.31 Å². The molecule has 0 unspecified atom stereocenters. The summed E-state index contributed by atoms with van der Waals surface area (Å²) in [4.78, 5) is 15.1. The van der Waals surface area contributed by atoms with E-state index in [0.29, 0.717) is 24.6 Å². The van der Waals surface area contributed by atoms with Crippen LogP contribution in [0.15, 0.2) is 23.1 Å². The number of likely N-dealkylation sites (tertiary alicyclic amines) is 1. The molecule has 1 aromatic carbocycles. The Labute approximate surface area is 173 Å². The van der Waals surface area contributed by atoms with Gasteiger partial charge in [0.25, 0.3) is 5.91 Å². The van der Waals surface area contributed by atoms with Crippen molar-refractivity contribution in [3.05, 3.63) is 28.8 Å². The van der Waals surface area contributed by atoms with Crippen LogP contribution in [0.5, 0.6) is 0 Å². The van der Waals surface area contributed by atoms with Crippen molar-refractivity contribution in [3.63, 3.8) is 0 Å². The molecule has 0 aromatic heterocycles. The van der Waals surface area contributed by atoms with Crippen LogP contribution >= 0.6 is 11.6 Å². The largest absolute Gasteiger partial charge is 0.338 e. The number of sulfonamides is 1.